The van der Waals surface area contributed by atoms with Crippen LogP contribution in [-0.4, -0.2) is 39.8 Å². The Kier molecular flexibility index (Phi) is 5.49. The van der Waals surface area contributed by atoms with Gasteiger partial charge in [0.05, 0.1) is 13.2 Å². The van der Waals surface area contributed by atoms with Crippen LogP contribution in [0.25, 0.3) is 11.3 Å². The second kappa shape index (κ2) is 8.62. The van der Waals surface area contributed by atoms with Crippen LogP contribution in [0, 0.1) is 11.6 Å². The van der Waals surface area contributed by atoms with Gasteiger partial charge in [-0.1, -0.05) is 24.3 Å². The highest BCUT2D eigenvalue weighted by atomic mass is 19.1. The number of nitrogens with zero attached hydrogens (tertiary/aromatic N) is 2. The van der Waals surface area contributed by atoms with E-state index in [4.69, 9.17) is 4.74 Å². The third kappa shape index (κ3) is 3.77. The van der Waals surface area contributed by atoms with Gasteiger partial charge in [-0.2, -0.15) is 5.10 Å². The Hall–Kier alpha value is -4.20. The van der Waals surface area contributed by atoms with Crippen molar-refractivity contribution in [3.8, 4) is 22.8 Å². The molecule has 0 fully saturated rings. The van der Waals surface area contributed by atoms with Crippen LogP contribution in [0.3, 0.4) is 0 Å². The average molecular weight is 461 g/mol. The van der Waals surface area contributed by atoms with Crippen molar-refractivity contribution in [1.29, 1.82) is 0 Å². The summed E-state index contributed by atoms with van der Waals surface area (Å²) < 4.78 is 32.9. The van der Waals surface area contributed by atoms with E-state index in [0.29, 0.717) is 24.1 Å². The van der Waals surface area contributed by atoms with Gasteiger partial charge in [0.15, 0.2) is 0 Å². The van der Waals surface area contributed by atoms with Crippen LogP contribution >= 0.6 is 0 Å². The maximum Gasteiger partial charge on any atom is 0.273 e. The van der Waals surface area contributed by atoms with Crippen LogP contribution in [0.1, 0.15) is 33.2 Å². The number of H-pyrrole nitrogens is 1. The summed E-state index contributed by atoms with van der Waals surface area (Å²) in [5.41, 5.74) is 2.94. The fraction of sp³-hybridized carbons (Fsp3) is 0.154. The Morgan fingerprint density at radius 3 is 2.44 bits per heavy atom. The molecule has 34 heavy (non-hydrogen) atoms. The maximum atomic E-state index is 14.0. The number of aromatic amines is 1. The van der Waals surface area contributed by atoms with Gasteiger partial charge in [-0.25, -0.2) is 8.78 Å². The fourth-order valence-electron chi connectivity index (χ4n) is 4.36. The van der Waals surface area contributed by atoms with Crippen molar-refractivity contribution in [1.82, 2.24) is 15.1 Å². The Balaban J connectivity index is 1.56. The number of rotatable bonds is 6. The zero-order valence-electron chi connectivity index (χ0n) is 18.3. The number of hydrogen-bond donors (Lipinski definition) is 2. The van der Waals surface area contributed by atoms with E-state index in [1.165, 1.54) is 24.3 Å². The molecule has 1 aromatic heterocycles. The fourth-order valence-corrected chi connectivity index (χ4v) is 4.36. The number of phenolic OH excluding ortho intramolecular Hbond substituents is 1. The van der Waals surface area contributed by atoms with Crippen molar-refractivity contribution in [2.24, 2.45) is 0 Å². The first-order chi connectivity index (χ1) is 16.5. The monoisotopic (exact) mass is 461 g/mol. The molecular formula is C26H21F2N3O3. The first-order valence-corrected chi connectivity index (χ1v) is 10.7. The topological polar surface area (TPSA) is 78.5 Å². The minimum absolute atomic E-state index is 0.155. The minimum atomic E-state index is -0.585. The van der Waals surface area contributed by atoms with Gasteiger partial charge in [0.25, 0.3) is 5.91 Å². The molecule has 1 aliphatic heterocycles. The Morgan fingerprint density at radius 1 is 1.03 bits per heavy atom. The highest BCUT2D eigenvalue weighted by Gasteiger charge is 2.42. The van der Waals surface area contributed by atoms with Gasteiger partial charge in [0, 0.05) is 17.7 Å². The van der Waals surface area contributed by atoms with Gasteiger partial charge in [-0.15, -0.1) is 0 Å². The van der Waals surface area contributed by atoms with Gasteiger partial charge >= 0.3 is 0 Å². The molecule has 6 nitrogen and oxygen atoms in total. The van der Waals surface area contributed by atoms with E-state index in [9.17, 15) is 18.7 Å². The van der Waals surface area contributed by atoms with Crippen molar-refractivity contribution >= 4 is 5.91 Å². The normalized spacial score (nSPS) is 15.0. The van der Waals surface area contributed by atoms with Crippen molar-refractivity contribution in [2.45, 2.75) is 12.5 Å². The molecule has 0 saturated heterocycles. The van der Waals surface area contributed by atoms with Gasteiger partial charge in [0.2, 0.25) is 0 Å². The molecule has 1 atom stereocenters. The largest absolute Gasteiger partial charge is 0.507 e. The number of amides is 1. The molecule has 0 aliphatic carbocycles. The predicted molar refractivity (Wildman–Crippen MR) is 122 cm³/mol. The molecule has 0 saturated carbocycles. The number of phenols is 1. The summed E-state index contributed by atoms with van der Waals surface area (Å²) in [7, 11) is 1.60. The van der Waals surface area contributed by atoms with E-state index in [0.717, 1.165) is 17.4 Å². The molecule has 0 radical (unpaired) electrons. The number of carbonyl (C=O) groups excluding carboxylic acids is 1. The van der Waals surface area contributed by atoms with Gasteiger partial charge in [-0.05, 0) is 60.0 Å². The number of aromatic hydroxyl groups is 1. The van der Waals surface area contributed by atoms with E-state index >= 15 is 0 Å². The Morgan fingerprint density at radius 2 is 1.74 bits per heavy atom. The summed E-state index contributed by atoms with van der Waals surface area (Å²) in [6.45, 7) is 0.379. The molecule has 2 heterocycles. The van der Waals surface area contributed by atoms with E-state index < -0.39 is 17.7 Å². The molecule has 1 amide bonds. The zero-order valence-corrected chi connectivity index (χ0v) is 18.3. The number of carbonyl (C=O) groups is 1. The summed E-state index contributed by atoms with van der Waals surface area (Å²) in [6.07, 6.45) is 0.575. The summed E-state index contributed by atoms with van der Waals surface area (Å²) in [5.74, 6) is -0.618. The quantitative estimate of drug-likeness (QED) is 0.430. The number of methoxy groups -OCH3 is 1. The van der Waals surface area contributed by atoms with E-state index in [-0.39, 0.29) is 28.6 Å². The highest BCUT2D eigenvalue weighted by Crippen LogP contribution is 2.44. The standard InChI is InChI=1S/C26H21F2N3O3/c1-34-19-9-2-15(3-10-19)12-13-31-25(16-4-6-17(27)7-5-16)22-23(29-30-24(22)26(31)33)20-14-18(28)8-11-21(20)32/h2-11,14,25,32H,12-13H2,1H3,(H,29,30)/t25-/m1/s1. The minimum Gasteiger partial charge on any atom is -0.507 e. The second-order valence-corrected chi connectivity index (χ2v) is 8.07. The van der Waals surface area contributed by atoms with Crippen molar-refractivity contribution in [3.63, 3.8) is 0 Å². The summed E-state index contributed by atoms with van der Waals surface area (Å²) in [6, 6.07) is 16.5. The van der Waals surface area contributed by atoms with Crippen LogP contribution in [0.15, 0.2) is 66.7 Å². The molecule has 1 aliphatic rings. The van der Waals surface area contributed by atoms with Crippen LogP contribution in [-0.2, 0) is 6.42 Å². The number of fused-ring (bicyclic) bond motifs is 1. The molecule has 8 heteroatoms. The number of ether oxygens (including phenoxy) is 1. The third-order valence-corrected chi connectivity index (χ3v) is 6.06. The zero-order chi connectivity index (χ0) is 23.8. The third-order valence-electron chi connectivity index (χ3n) is 6.06. The molecule has 0 unspecified atom stereocenters. The Bertz CT molecular complexity index is 1350. The van der Waals surface area contributed by atoms with Gasteiger partial charge in [0.1, 0.15) is 34.5 Å². The summed E-state index contributed by atoms with van der Waals surface area (Å²) in [5, 5.41) is 17.4. The molecule has 2 N–H and O–H groups in total. The molecule has 4 aromatic rings. The van der Waals surface area contributed by atoms with Gasteiger partial charge in [-0.3, -0.25) is 9.89 Å². The summed E-state index contributed by atoms with van der Waals surface area (Å²) in [4.78, 5) is 15.1. The number of nitrogens with one attached hydrogen (secondary N) is 1. The van der Waals surface area contributed by atoms with E-state index in [1.54, 1.807) is 24.1 Å². The van der Waals surface area contributed by atoms with Crippen LogP contribution < -0.4 is 4.74 Å². The lowest BCUT2D eigenvalue weighted by Crippen LogP contribution is -2.31. The molecule has 0 bridgehead atoms. The van der Waals surface area contributed by atoms with Crippen molar-refractivity contribution in [3.05, 3.63) is 101 Å². The van der Waals surface area contributed by atoms with Gasteiger partial charge < -0.3 is 14.7 Å². The lowest BCUT2D eigenvalue weighted by Gasteiger charge is -2.26. The Labute approximate surface area is 194 Å². The molecule has 5 rings (SSSR count). The van der Waals surface area contributed by atoms with E-state index in [1.807, 2.05) is 24.3 Å². The first-order valence-electron chi connectivity index (χ1n) is 10.7. The smallest absolute Gasteiger partial charge is 0.273 e. The predicted octanol–water partition coefficient (Wildman–Crippen LogP) is 4.86. The number of benzene rings is 3. The molecule has 3 aromatic carbocycles. The SMILES string of the molecule is COc1ccc(CCN2C(=O)c3[nH]nc(-c4cc(F)ccc4O)c3[C@H]2c2ccc(F)cc2)cc1. The molecular weight excluding hydrogens is 440 g/mol. The van der Waals surface area contributed by atoms with E-state index in [2.05, 4.69) is 10.2 Å². The van der Waals surface area contributed by atoms with Crippen molar-refractivity contribution < 1.29 is 23.4 Å². The number of aromatic nitrogens is 2. The highest BCUT2D eigenvalue weighted by molar-refractivity contribution is 6.00. The summed E-state index contributed by atoms with van der Waals surface area (Å²) >= 11 is 0. The second-order valence-electron chi connectivity index (χ2n) is 8.07. The van der Waals surface area contributed by atoms with Crippen molar-refractivity contribution in [2.75, 3.05) is 13.7 Å². The van der Waals surface area contributed by atoms with Crippen LogP contribution in [0.2, 0.25) is 0 Å². The first kappa shape index (κ1) is 21.6. The molecule has 0 spiro atoms. The maximum absolute atomic E-state index is 14.0. The molecule has 172 valence electrons. The number of halogens is 2. The lowest BCUT2D eigenvalue weighted by atomic mass is 9.95. The number of hydrogen-bond acceptors (Lipinski definition) is 4. The average Bonchev–Trinajstić information content (AvgIpc) is 3.39. The van der Waals surface area contributed by atoms with Crippen LogP contribution in [0.5, 0.6) is 11.5 Å². The van der Waals surface area contributed by atoms with Crippen LogP contribution in [0.4, 0.5) is 8.78 Å². The lowest BCUT2D eigenvalue weighted by molar-refractivity contribution is 0.0746.